The van der Waals surface area contributed by atoms with Crippen molar-refractivity contribution in [2.24, 2.45) is 7.05 Å². The largest absolute Gasteiger partial charge is 0.330 e. The van der Waals surface area contributed by atoms with Crippen molar-refractivity contribution in [1.29, 1.82) is 0 Å². The fourth-order valence-electron chi connectivity index (χ4n) is 2.53. The Morgan fingerprint density at radius 1 is 1.14 bits per heavy atom. The smallest absolute Gasteiger partial charge is 0.123 e. The summed E-state index contributed by atoms with van der Waals surface area (Å²) in [5.41, 5.74) is 3.29. The predicted molar refractivity (Wildman–Crippen MR) is 87.4 cm³/mol. The maximum absolute atomic E-state index is 6.24. The zero-order valence-corrected chi connectivity index (χ0v) is 12.9. The van der Waals surface area contributed by atoms with E-state index < -0.39 is 0 Å². The quantitative estimate of drug-likeness (QED) is 0.787. The first-order valence-corrected chi connectivity index (χ1v) is 7.43. The highest BCUT2D eigenvalue weighted by Gasteiger charge is 2.11. The molecule has 1 N–H and O–H groups in total. The summed E-state index contributed by atoms with van der Waals surface area (Å²) in [5, 5.41) is 4.28. The molecule has 21 heavy (non-hydrogen) atoms. The lowest BCUT2D eigenvalue weighted by Crippen LogP contribution is -2.20. The lowest BCUT2D eigenvalue weighted by molar-refractivity contribution is 0.551. The molecule has 0 amide bonds. The summed E-state index contributed by atoms with van der Waals surface area (Å²) < 4.78 is 2.13. The van der Waals surface area contributed by atoms with Gasteiger partial charge in [-0.3, -0.25) is 0 Å². The number of benzene rings is 2. The van der Waals surface area contributed by atoms with Crippen LogP contribution in [0.3, 0.4) is 0 Å². The van der Waals surface area contributed by atoms with Crippen LogP contribution in [0.2, 0.25) is 5.02 Å². The highest BCUT2D eigenvalue weighted by molar-refractivity contribution is 6.31. The first-order chi connectivity index (χ1) is 10.2. The van der Waals surface area contributed by atoms with Crippen LogP contribution in [0.25, 0.3) is 11.0 Å². The molecule has 1 atom stereocenters. The predicted octanol–water partition coefficient (Wildman–Crippen LogP) is 4.08. The fourth-order valence-corrected chi connectivity index (χ4v) is 2.83. The van der Waals surface area contributed by atoms with E-state index >= 15 is 0 Å². The molecule has 0 spiro atoms. The van der Waals surface area contributed by atoms with Crippen LogP contribution >= 0.6 is 11.6 Å². The average Bonchev–Trinajstić information content (AvgIpc) is 2.82. The SMILES string of the molecule is C[C@H](NCc1nc2ccccc2n1C)c1ccccc1Cl. The van der Waals surface area contributed by atoms with E-state index in [1.54, 1.807) is 0 Å². The molecule has 2 aromatic carbocycles. The molecular formula is C17H18ClN3. The summed E-state index contributed by atoms with van der Waals surface area (Å²) >= 11 is 6.24. The van der Waals surface area contributed by atoms with Gasteiger partial charge in [0.25, 0.3) is 0 Å². The van der Waals surface area contributed by atoms with Crippen molar-refractivity contribution < 1.29 is 0 Å². The molecule has 0 aliphatic rings. The molecule has 0 saturated heterocycles. The zero-order chi connectivity index (χ0) is 14.8. The third-order valence-electron chi connectivity index (χ3n) is 3.82. The van der Waals surface area contributed by atoms with Crippen LogP contribution in [-0.2, 0) is 13.6 Å². The van der Waals surface area contributed by atoms with Crippen molar-refractivity contribution in [3.8, 4) is 0 Å². The Bertz CT molecular complexity index is 764. The third-order valence-corrected chi connectivity index (χ3v) is 4.16. The first-order valence-electron chi connectivity index (χ1n) is 7.05. The topological polar surface area (TPSA) is 29.9 Å². The van der Waals surface area contributed by atoms with Gasteiger partial charge in [-0.05, 0) is 30.7 Å². The molecule has 1 aromatic heterocycles. The summed E-state index contributed by atoms with van der Waals surface area (Å²) in [6.45, 7) is 2.82. The van der Waals surface area contributed by atoms with Gasteiger partial charge in [-0.15, -0.1) is 0 Å². The van der Waals surface area contributed by atoms with Crippen LogP contribution in [0, 0.1) is 0 Å². The van der Waals surface area contributed by atoms with Crippen molar-refractivity contribution in [2.75, 3.05) is 0 Å². The Kier molecular flexibility index (Phi) is 3.95. The van der Waals surface area contributed by atoms with Gasteiger partial charge >= 0.3 is 0 Å². The zero-order valence-electron chi connectivity index (χ0n) is 12.2. The van der Waals surface area contributed by atoms with Crippen LogP contribution in [0.4, 0.5) is 0 Å². The molecule has 4 heteroatoms. The average molecular weight is 300 g/mol. The number of aromatic nitrogens is 2. The van der Waals surface area contributed by atoms with Crippen molar-refractivity contribution in [2.45, 2.75) is 19.5 Å². The summed E-state index contributed by atoms with van der Waals surface area (Å²) in [6.07, 6.45) is 0. The number of fused-ring (bicyclic) bond motifs is 1. The Morgan fingerprint density at radius 2 is 1.86 bits per heavy atom. The number of para-hydroxylation sites is 2. The summed E-state index contributed by atoms with van der Waals surface area (Å²) in [5.74, 6) is 1.02. The lowest BCUT2D eigenvalue weighted by Gasteiger charge is -2.15. The molecule has 0 unspecified atom stereocenters. The molecule has 1 heterocycles. The second-order valence-corrected chi connectivity index (χ2v) is 5.61. The monoisotopic (exact) mass is 299 g/mol. The second kappa shape index (κ2) is 5.88. The standard InChI is InChI=1S/C17H18ClN3/c1-12(13-7-3-4-8-14(13)18)19-11-17-20-15-9-5-6-10-16(15)21(17)2/h3-10,12,19H,11H2,1-2H3/t12-/m0/s1. The van der Waals surface area contributed by atoms with E-state index in [0.29, 0.717) is 6.54 Å². The molecule has 3 aromatic rings. The number of halogens is 1. The van der Waals surface area contributed by atoms with Crippen molar-refractivity contribution in [1.82, 2.24) is 14.9 Å². The fraction of sp³-hybridized carbons (Fsp3) is 0.235. The molecule has 3 nitrogen and oxygen atoms in total. The number of hydrogen-bond acceptors (Lipinski definition) is 2. The number of rotatable bonds is 4. The summed E-state index contributed by atoms with van der Waals surface area (Å²) in [6, 6.07) is 16.3. The molecule has 0 aliphatic heterocycles. The van der Waals surface area contributed by atoms with Gasteiger partial charge in [0.1, 0.15) is 5.82 Å². The number of nitrogens with one attached hydrogen (secondary N) is 1. The highest BCUT2D eigenvalue weighted by atomic mass is 35.5. The number of nitrogens with zero attached hydrogens (tertiary/aromatic N) is 2. The summed E-state index contributed by atoms with van der Waals surface area (Å²) in [7, 11) is 2.05. The molecular weight excluding hydrogens is 282 g/mol. The third kappa shape index (κ3) is 2.80. The minimum atomic E-state index is 0.179. The Labute approximate surface area is 129 Å². The van der Waals surface area contributed by atoms with Crippen LogP contribution in [0.5, 0.6) is 0 Å². The van der Waals surface area contributed by atoms with Gasteiger partial charge in [0, 0.05) is 18.1 Å². The van der Waals surface area contributed by atoms with Crippen molar-refractivity contribution in [3.63, 3.8) is 0 Å². The molecule has 0 saturated carbocycles. The van der Waals surface area contributed by atoms with Gasteiger partial charge < -0.3 is 9.88 Å². The van der Waals surface area contributed by atoms with Crippen LogP contribution in [0.1, 0.15) is 24.4 Å². The van der Waals surface area contributed by atoms with E-state index in [4.69, 9.17) is 11.6 Å². The van der Waals surface area contributed by atoms with Gasteiger partial charge in [0.15, 0.2) is 0 Å². The van der Waals surface area contributed by atoms with Crippen LogP contribution in [-0.4, -0.2) is 9.55 Å². The van der Waals surface area contributed by atoms with E-state index in [9.17, 15) is 0 Å². The Balaban J connectivity index is 1.77. The minimum Gasteiger partial charge on any atom is -0.330 e. The van der Waals surface area contributed by atoms with Gasteiger partial charge in [0.05, 0.1) is 17.6 Å². The second-order valence-electron chi connectivity index (χ2n) is 5.20. The van der Waals surface area contributed by atoms with E-state index in [1.165, 1.54) is 0 Å². The van der Waals surface area contributed by atoms with E-state index in [0.717, 1.165) is 27.4 Å². The number of imidazole rings is 1. The molecule has 0 aliphatic carbocycles. The molecule has 0 bridgehead atoms. The molecule has 3 rings (SSSR count). The van der Waals surface area contributed by atoms with Gasteiger partial charge in [-0.2, -0.15) is 0 Å². The van der Waals surface area contributed by atoms with Gasteiger partial charge in [-0.25, -0.2) is 4.98 Å². The van der Waals surface area contributed by atoms with Crippen molar-refractivity contribution in [3.05, 3.63) is 64.9 Å². The first kappa shape index (κ1) is 14.1. The number of hydrogen-bond donors (Lipinski definition) is 1. The maximum atomic E-state index is 6.24. The molecule has 0 fully saturated rings. The Morgan fingerprint density at radius 3 is 2.62 bits per heavy atom. The number of aryl methyl sites for hydroxylation is 1. The van der Waals surface area contributed by atoms with E-state index in [2.05, 4.69) is 33.9 Å². The minimum absolute atomic E-state index is 0.179. The van der Waals surface area contributed by atoms with Gasteiger partial charge in [0.2, 0.25) is 0 Å². The lowest BCUT2D eigenvalue weighted by atomic mass is 10.1. The molecule has 108 valence electrons. The Hall–Kier alpha value is -1.84. The maximum Gasteiger partial charge on any atom is 0.123 e. The highest BCUT2D eigenvalue weighted by Crippen LogP contribution is 2.22. The van der Waals surface area contributed by atoms with Gasteiger partial charge in [-0.1, -0.05) is 41.9 Å². The molecule has 0 radical (unpaired) electrons. The van der Waals surface area contributed by atoms with E-state index in [-0.39, 0.29) is 6.04 Å². The van der Waals surface area contributed by atoms with Crippen LogP contribution < -0.4 is 5.32 Å². The normalized spacial score (nSPS) is 12.7. The van der Waals surface area contributed by atoms with E-state index in [1.807, 2.05) is 43.4 Å². The summed E-state index contributed by atoms with van der Waals surface area (Å²) in [4.78, 5) is 4.67. The van der Waals surface area contributed by atoms with Crippen LogP contribution in [0.15, 0.2) is 48.5 Å². The van der Waals surface area contributed by atoms with Crippen molar-refractivity contribution >= 4 is 22.6 Å².